The van der Waals surface area contributed by atoms with Crippen molar-refractivity contribution in [1.82, 2.24) is 15.2 Å². The average molecular weight is 309 g/mol. The highest BCUT2D eigenvalue weighted by atomic mass is 16.2. The number of carbonyl (C=O) groups excluding carboxylic acids is 2. The maximum atomic E-state index is 12.7. The van der Waals surface area contributed by atoms with Gasteiger partial charge in [-0.2, -0.15) is 0 Å². The number of nitrogens with zero attached hydrogens (tertiary/aromatic N) is 2. The number of pyridine rings is 1. The summed E-state index contributed by atoms with van der Waals surface area (Å²) in [7, 11) is 0. The second-order valence-electron chi connectivity index (χ2n) is 5.64. The van der Waals surface area contributed by atoms with Crippen molar-refractivity contribution in [2.75, 3.05) is 6.54 Å². The van der Waals surface area contributed by atoms with Gasteiger partial charge >= 0.3 is 0 Å². The van der Waals surface area contributed by atoms with Crippen molar-refractivity contribution in [2.45, 2.75) is 25.9 Å². The summed E-state index contributed by atoms with van der Waals surface area (Å²) in [5.74, 6) is -0.239. The Morgan fingerprint density at radius 1 is 1.26 bits per heavy atom. The van der Waals surface area contributed by atoms with Crippen LogP contribution in [0.5, 0.6) is 0 Å². The zero-order valence-electron chi connectivity index (χ0n) is 13.0. The van der Waals surface area contributed by atoms with E-state index < -0.39 is 6.04 Å². The standard InChI is InChI=1S/C18H19N3O2/c1-13(22)21-10-8-15-6-2-3-7-16(15)17(21)18(23)20-12-14-5-4-9-19-11-14/h2-7,9,11,17H,8,10,12H2,1H3,(H,20,23)/t17-/m0/s1. The lowest BCUT2D eigenvalue weighted by Gasteiger charge is -2.35. The predicted octanol–water partition coefficient (Wildman–Crippen LogP) is 1.84. The molecule has 0 saturated heterocycles. The van der Waals surface area contributed by atoms with Crippen LogP contribution in [0.1, 0.15) is 29.7 Å². The molecule has 5 heteroatoms. The van der Waals surface area contributed by atoms with Gasteiger partial charge in [0.05, 0.1) is 0 Å². The van der Waals surface area contributed by atoms with E-state index in [0.717, 1.165) is 23.1 Å². The Labute approximate surface area is 135 Å². The SMILES string of the molecule is CC(=O)N1CCc2ccccc2[C@H]1C(=O)NCc1cccnc1. The van der Waals surface area contributed by atoms with Gasteiger partial charge in [-0.15, -0.1) is 0 Å². The largest absolute Gasteiger partial charge is 0.350 e. The van der Waals surface area contributed by atoms with Crippen LogP contribution in [0.25, 0.3) is 0 Å². The number of rotatable bonds is 3. The zero-order chi connectivity index (χ0) is 16.2. The van der Waals surface area contributed by atoms with Crippen LogP contribution in [-0.2, 0) is 22.6 Å². The van der Waals surface area contributed by atoms with E-state index in [0.29, 0.717) is 13.1 Å². The molecular formula is C18H19N3O2. The fourth-order valence-electron chi connectivity index (χ4n) is 2.98. The van der Waals surface area contributed by atoms with Crippen LogP contribution in [0.2, 0.25) is 0 Å². The zero-order valence-corrected chi connectivity index (χ0v) is 13.0. The lowest BCUT2D eigenvalue weighted by atomic mass is 9.92. The predicted molar refractivity (Wildman–Crippen MR) is 86.4 cm³/mol. The van der Waals surface area contributed by atoms with Gasteiger partial charge in [0.25, 0.3) is 0 Å². The van der Waals surface area contributed by atoms with E-state index in [9.17, 15) is 9.59 Å². The second-order valence-corrected chi connectivity index (χ2v) is 5.64. The first-order valence-electron chi connectivity index (χ1n) is 7.68. The quantitative estimate of drug-likeness (QED) is 0.941. The molecule has 0 spiro atoms. The number of hydrogen-bond acceptors (Lipinski definition) is 3. The number of amides is 2. The number of nitrogens with one attached hydrogen (secondary N) is 1. The molecule has 5 nitrogen and oxygen atoms in total. The Morgan fingerprint density at radius 3 is 2.83 bits per heavy atom. The van der Waals surface area contributed by atoms with Crippen molar-refractivity contribution in [3.63, 3.8) is 0 Å². The number of benzene rings is 1. The molecule has 3 rings (SSSR count). The number of fused-ring (bicyclic) bond motifs is 1. The van der Waals surface area contributed by atoms with E-state index in [-0.39, 0.29) is 11.8 Å². The van der Waals surface area contributed by atoms with E-state index in [1.54, 1.807) is 17.3 Å². The minimum atomic E-state index is -0.561. The van der Waals surface area contributed by atoms with Crippen LogP contribution < -0.4 is 5.32 Å². The third-order valence-corrected chi connectivity index (χ3v) is 4.13. The Bertz CT molecular complexity index is 715. The number of hydrogen-bond donors (Lipinski definition) is 1. The first kappa shape index (κ1) is 15.2. The second kappa shape index (κ2) is 6.60. The fraction of sp³-hybridized carbons (Fsp3) is 0.278. The van der Waals surface area contributed by atoms with Crippen molar-refractivity contribution < 1.29 is 9.59 Å². The van der Waals surface area contributed by atoms with Crippen molar-refractivity contribution >= 4 is 11.8 Å². The Balaban J connectivity index is 1.82. The molecule has 1 atom stereocenters. The summed E-state index contributed by atoms with van der Waals surface area (Å²) in [5, 5.41) is 2.92. The van der Waals surface area contributed by atoms with Crippen LogP contribution >= 0.6 is 0 Å². The van der Waals surface area contributed by atoms with Crippen LogP contribution in [0.15, 0.2) is 48.8 Å². The van der Waals surface area contributed by atoms with Crippen molar-refractivity contribution in [2.24, 2.45) is 0 Å². The van der Waals surface area contributed by atoms with Crippen molar-refractivity contribution in [3.8, 4) is 0 Å². The first-order chi connectivity index (χ1) is 11.2. The minimum Gasteiger partial charge on any atom is -0.350 e. The molecule has 0 saturated carbocycles. The van der Waals surface area contributed by atoms with E-state index in [4.69, 9.17) is 0 Å². The van der Waals surface area contributed by atoms with Crippen LogP contribution in [-0.4, -0.2) is 28.2 Å². The van der Waals surface area contributed by atoms with E-state index >= 15 is 0 Å². The molecule has 2 amide bonds. The Morgan fingerprint density at radius 2 is 2.09 bits per heavy atom. The summed E-state index contributed by atoms with van der Waals surface area (Å²) < 4.78 is 0. The Kier molecular flexibility index (Phi) is 4.37. The fourth-order valence-corrected chi connectivity index (χ4v) is 2.98. The normalized spacial score (nSPS) is 16.6. The minimum absolute atomic E-state index is 0.0824. The third kappa shape index (κ3) is 3.23. The molecule has 2 aromatic rings. The molecule has 1 aliphatic heterocycles. The van der Waals surface area contributed by atoms with Crippen LogP contribution in [0.4, 0.5) is 0 Å². The summed E-state index contributed by atoms with van der Waals surface area (Å²) in [6, 6.07) is 11.0. The molecule has 0 bridgehead atoms. The molecule has 23 heavy (non-hydrogen) atoms. The van der Waals surface area contributed by atoms with Gasteiger partial charge in [-0.05, 0) is 29.2 Å². The van der Waals surface area contributed by atoms with Crippen LogP contribution in [0.3, 0.4) is 0 Å². The molecule has 2 heterocycles. The summed E-state index contributed by atoms with van der Waals surface area (Å²) >= 11 is 0. The van der Waals surface area contributed by atoms with Gasteiger partial charge in [0.15, 0.2) is 0 Å². The highest BCUT2D eigenvalue weighted by Crippen LogP contribution is 2.30. The van der Waals surface area contributed by atoms with Gasteiger partial charge in [0.1, 0.15) is 6.04 Å². The molecule has 0 radical (unpaired) electrons. The molecule has 118 valence electrons. The lowest BCUT2D eigenvalue weighted by molar-refractivity contribution is -0.139. The lowest BCUT2D eigenvalue weighted by Crippen LogP contribution is -2.46. The van der Waals surface area contributed by atoms with Gasteiger partial charge < -0.3 is 10.2 Å². The van der Waals surface area contributed by atoms with Gasteiger partial charge in [-0.25, -0.2) is 0 Å². The van der Waals surface area contributed by atoms with E-state index in [1.165, 1.54) is 6.92 Å². The molecule has 0 fully saturated rings. The molecular weight excluding hydrogens is 290 g/mol. The van der Waals surface area contributed by atoms with Gasteiger partial charge in [0, 0.05) is 32.4 Å². The topological polar surface area (TPSA) is 62.3 Å². The first-order valence-corrected chi connectivity index (χ1v) is 7.68. The van der Waals surface area contributed by atoms with Crippen molar-refractivity contribution in [3.05, 3.63) is 65.5 Å². The monoisotopic (exact) mass is 309 g/mol. The van der Waals surface area contributed by atoms with E-state index in [1.807, 2.05) is 36.4 Å². The Hall–Kier alpha value is -2.69. The third-order valence-electron chi connectivity index (χ3n) is 4.13. The number of aromatic nitrogens is 1. The molecule has 1 N–H and O–H groups in total. The van der Waals surface area contributed by atoms with Crippen molar-refractivity contribution in [1.29, 1.82) is 0 Å². The number of carbonyl (C=O) groups is 2. The maximum absolute atomic E-state index is 12.7. The van der Waals surface area contributed by atoms with Crippen LogP contribution in [0, 0.1) is 0 Å². The maximum Gasteiger partial charge on any atom is 0.247 e. The van der Waals surface area contributed by atoms with Gasteiger partial charge in [0.2, 0.25) is 11.8 Å². The average Bonchev–Trinajstić information content (AvgIpc) is 2.59. The molecule has 1 aliphatic rings. The smallest absolute Gasteiger partial charge is 0.247 e. The highest BCUT2D eigenvalue weighted by Gasteiger charge is 2.34. The molecule has 1 aromatic heterocycles. The van der Waals surface area contributed by atoms with Gasteiger partial charge in [-0.1, -0.05) is 30.3 Å². The summed E-state index contributed by atoms with van der Waals surface area (Å²) in [6.45, 7) is 2.48. The molecule has 0 unspecified atom stereocenters. The molecule has 1 aromatic carbocycles. The highest BCUT2D eigenvalue weighted by molar-refractivity contribution is 5.88. The molecule has 0 aliphatic carbocycles. The summed E-state index contributed by atoms with van der Waals surface area (Å²) in [5.41, 5.74) is 2.98. The van der Waals surface area contributed by atoms with Gasteiger partial charge in [-0.3, -0.25) is 14.6 Å². The summed E-state index contributed by atoms with van der Waals surface area (Å²) in [4.78, 5) is 30.3. The van der Waals surface area contributed by atoms with E-state index in [2.05, 4.69) is 10.3 Å². The summed E-state index contributed by atoms with van der Waals surface area (Å²) in [6.07, 6.45) is 4.19.